The molecule has 4 rings (SSSR count). The van der Waals surface area contributed by atoms with Gasteiger partial charge in [0.05, 0.1) is 41.2 Å². The number of ether oxygens (including phenoxy) is 2. The van der Waals surface area contributed by atoms with Gasteiger partial charge in [0.25, 0.3) is 5.91 Å². The molecule has 1 aliphatic heterocycles. The molecule has 0 unspecified atom stereocenters. The van der Waals surface area contributed by atoms with Crippen molar-refractivity contribution in [2.45, 2.75) is 13.8 Å². The fourth-order valence-electron chi connectivity index (χ4n) is 3.35. The van der Waals surface area contributed by atoms with Crippen LogP contribution in [0.2, 0.25) is 0 Å². The summed E-state index contributed by atoms with van der Waals surface area (Å²) in [4.78, 5) is 35.7. The monoisotopic (exact) mass is 420 g/mol. The Balaban J connectivity index is 1.32. The van der Waals surface area contributed by atoms with E-state index >= 15 is 0 Å². The van der Waals surface area contributed by atoms with E-state index in [4.69, 9.17) is 9.47 Å². The summed E-state index contributed by atoms with van der Waals surface area (Å²) in [5.41, 5.74) is 5.02. The predicted molar refractivity (Wildman–Crippen MR) is 117 cm³/mol. The van der Waals surface area contributed by atoms with Crippen LogP contribution >= 0.6 is 0 Å². The molecule has 0 atom stereocenters. The number of esters is 1. The van der Waals surface area contributed by atoms with E-state index in [2.05, 4.69) is 20.2 Å². The predicted octanol–water partition coefficient (Wildman–Crippen LogP) is 2.88. The molecule has 0 bridgehead atoms. The van der Waals surface area contributed by atoms with Crippen LogP contribution in [-0.4, -0.2) is 54.8 Å². The zero-order valence-corrected chi connectivity index (χ0v) is 17.6. The highest BCUT2D eigenvalue weighted by molar-refractivity contribution is 5.97. The van der Waals surface area contributed by atoms with Gasteiger partial charge in [-0.15, -0.1) is 0 Å². The van der Waals surface area contributed by atoms with E-state index in [1.165, 1.54) is 0 Å². The third-order valence-electron chi connectivity index (χ3n) is 5.17. The van der Waals surface area contributed by atoms with E-state index < -0.39 is 11.9 Å². The number of aryl methyl sites for hydroxylation is 2. The first-order chi connectivity index (χ1) is 15.0. The highest BCUT2D eigenvalue weighted by Crippen LogP contribution is 2.19. The molecule has 0 aliphatic carbocycles. The molecule has 1 saturated heterocycles. The molecule has 3 aromatic rings. The number of amides is 1. The highest BCUT2D eigenvalue weighted by Gasteiger charge is 2.14. The normalized spacial score (nSPS) is 13.8. The Morgan fingerprint density at radius 2 is 1.68 bits per heavy atom. The van der Waals surface area contributed by atoms with Crippen molar-refractivity contribution in [2.24, 2.45) is 0 Å². The lowest BCUT2D eigenvalue weighted by atomic mass is 10.2. The van der Waals surface area contributed by atoms with Crippen LogP contribution in [0.1, 0.15) is 21.7 Å². The standard InChI is InChI=1S/C23H24N4O4/c1-15-16(2)25-21-13-17(3-8-20(21)24-15)23(29)31-14-22(28)26-18-4-6-19(7-5-18)27-9-11-30-12-10-27/h3-8,13H,9-12,14H2,1-2H3,(H,26,28). The molecule has 160 valence electrons. The van der Waals surface area contributed by atoms with Gasteiger partial charge < -0.3 is 19.7 Å². The maximum absolute atomic E-state index is 12.4. The van der Waals surface area contributed by atoms with E-state index in [-0.39, 0.29) is 6.61 Å². The second-order valence-electron chi connectivity index (χ2n) is 7.37. The quantitative estimate of drug-likeness (QED) is 0.635. The average Bonchev–Trinajstić information content (AvgIpc) is 2.79. The number of morpholine rings is 1. The second kappa shape index (κ2) is 9.09. The summed E-state index contributed by atoms with van der Waals surface area (Å²) in [6.07, 6.45) is 0. The Morgan fingerprint density at radius 3 is 2.39 bits per heavy atom. The number of nitrogens with one attached hydrogen (secondary N) is 1. The van der Waals surface area contributed by atoms with Gasteiger partial charge in [-0.3, -0.25) is 4.79 Å². The maximum Gasteiger partial charge on any atom is 0.338 e. The van der Waals surface area contributed by atoms with Crippen LogP contribution < -0.4 is 10.2 Å². The number of aromatic nitrogens is 2. The lowest BCUT2D eigenvalue weighted by Crippen LogP contribution is -2.36. The average molecular weight is 420 g/mol. The summed E-state index contributed by atoms with van der Waals surface area (Å²) in [6.45, 7) is 6.51. The number of anilines is 2. The molecule has 2 aromatic carbocycles. The summed E-state index contributed by atoms with van der Waals surface area (Å²) < 4.78 is 10.5. The fraction of sp³-hybridized carbons (Fsp3) is 0.304. The largest absolute Gasteiger partial charge is 0.452 e. The zero-order valence-electron chi connectivity index (χ0n) is 17.6. The number of hydrogen-bond donors (Lipinski definition) is 1. The van der Waals surface area contributed by atoms with Gasteiger partial charge in [0, 0.05) is 24.5 Å². The van der Waals surface area contributed by atoms with E-state index in [0.717, 1.165) is 30.2 Å². The molecule has 0 saturated carbocycles. The van der Waals surface area contributed by atoms with Gasteiger partial charge in [-0.1, -0.05) is 0 Å². The first kappa shape index (κ1) is 20.7. The van der Waals surface area contributed by atoms with Gasteiger partial charge in [0.1, 0.15) is 0 Å². The number of benzene rings is 2. The summed E-state index contributed by atoms with van der Waals surface area (Å²) in [6, 6.07) is 12.5. The van der Waals surface area contributed by atoms with Gasteiger partial charge in [-0.25, -0.2) is 14.8 Å². The van der Waals surface area contributed by atoms with Gasteiger partial charge >= 0.3 is 5.97 Å². The zero-order chi connectivity index (χ0) is 21.8. The van der Waals surface area contributed by atoms with Crippen molar-refractivity contribution in [2.75, 3.05) is 43.1 Å². The van der Waals surface area contributed by atoms with Gasteiger partial charge in [-0.2, -0.15) is 0 Å². The van der Waals surface area contributed by atoms with Crippen molar-refractivity contribution >= 4 is 34.3 Å². The summed E-state index contributed by atoms with van der Waals surface area (Å²) in [5.74, 6) is -0.987. The Kier molecular flexibility index (Phi) is 6.08. The Labute approximate surface area is 180 Å². The Morgan fingerprint density at radius 1 is 1.00 bits per heavy atom. The minimum Gasteiger partial charge on any atom is -0.452 e. The van der Waals surface area contributed by atoms with Crippen molar-refractivity contribution < 1.29 is 19.1 Å². The molecule has 0 spiro atoms. The third-order valence-corrected chi connectivity index (χ3v) is 5.17. The highest BCUT2D eigenvalue weighted by atomic mass is 16.5. The van der Waals surface area contributed by atoms with Gasteiger partial charge in [0.2, 0.25) is 0 Å². The third kappa shape index (κ3) is 4.97. The molecule has 0 radical (unpaired) electrons. The van der Waals surface area contributed by atoms with Crippen LogP contribution in [0.5, 0.6) is 0 Å². The molecule has 2 heterocycles. The van der Waals surface area contributed by atoms with Crippen molar-refractivity contribution in [3.63, 3.8) is 0 Å². The Bertz CT molecular complexity index is 1110. The topological polar surface area (TPSA) is 93.6 Å². The minimum atomic E-state index is -0.584. The van der Waals surface area contributed by atoms with Crippen LogP contribution in [0, 0.1) is 13.8 Å². The van der Waals surface area contributed by atoms with E-state index in [0.29, 0.717) is 35.5 Å². The SMILES string of the molecule is Cc1nc2ccc(C(=O)OCC(=O)Nc3ccc(N4CCOCC4)cc3)cc2nc1C. The second-order valence-corrected chi connectivity index (χ2v) is 7.37. The van der Waals surface area contributed by atoms with Gasteiger partial charge in [0.15, 0.2) is 6.61 Å². The molecule has 1 N–H and O–H groups in total. The number of nitrogens with zero attached hydrogens (tertiary/aromatic N) is 3. The van der Waals surface area contributed by atoms with Crippen LogP contribution in [0.4, 0.5) is 11.4 Å². The summed E-state index contributed by atoms with van der Waals surface area (Å²) >= 11 is 0. The lowest BCUT2D eigenvalue weighted by Gasteiger charge is -2.28. The lowest BCUT2D eigenvalue weighted by molar-refractivity contribution is -0.119. The number of fused-ring (bicyclic) bond motifs is 1. The fourth-order valence-corrected chi connectivity index (χ4v) is 3.35. The van der Waals surface area contributed by atoms with Crippen molar-refractivity contribution in [3.8, 4) is 0 Å². The van der Waals surface area contributed by atoms with Crippen molar-refractivity contribution in [3.05, 3.63) is 59.4 Å². The molecule has 8 heteroatoms. The number of rotatable bonds is 5. The molecule has 1 aromatic heterocycles. The molecule has 31 heavy (non-hydrogen) atoms. The molecule has 1 fully saturated rings. The van der Waals surface area contributed by atoms with E-state index in [1.54, 1.807) is 18.2 Å². The van der Waals surface area contributed by atoms with Gasteiger partial charge in [-0.05, 0) is 56.3 Å². The van der Waals surface area contributed by atoms with E-state index in [1.807, 2.05) is 38.1 Å². The van der Waals surface area contributed by atoms with Crippen molar-refractivity contribution in [1.82, 2.24) is 9.97 Å². The van der Waals surface area contributed by atoms with Crippen LogP contribution in [-0.2, 0) is 14.3 Å². The molecular formula is C23H24N4O4. The maximum atomic E-state index is 12.4. The smallest absolute Gasteiger partial charge is 0.338 e. The molecule has 1 amide bonds. The summed E-state index contributed by atoms with van der Waals surface area (Å²) in [7, 11) is 0. The first-order valence-corrected chi connectivity index (χ1v) is 10.1. The Hall–Kier alpha value is -3.52. The first-order valence-electron chi connectivity index (χ1n) is 10.1. The molecular weight excluding hydrogens is 396 g/mol. The number of hydrogen-bond acceptors (Lipinski definition) is 7. The van der Waals surface area contributed by atoms with Crippen LogP contribution in [0.15, 0.2) is 42.5 Å². The molecule has 1 aliphatic rings. The molecule has 8 nitrogen and oxygen atoms in total. The minimum absolute atomic E-state index is 0.327. The van der Waals surface area contributed by atoms with Crippen LogP contribution in [0.25, 0.3) is 11.0 Å². The van der Waals surface area contributed by atoms with E-state index in [9.17, 15) is 9.59 Å². The summed E-state index contributed by atoms with van der Waals surface area (Å²) in [5, 5.41) is 2.74. The van der Waals surface area contributed by atoms with Crippen molar-refractivity contribution in [1.29, 1.82) is 0 Å². The number of carbonyl (C=O) groups excluding carboxylic acids is 2. The van der Waals surface area contributed by atoms with Crippen LogP contribution in [0.3, 0.4) is 0 Å². The number of carbonyl (C=O) groups is 2.